The van der Waals surface area contributed by atoms with Crippen molar-refractivity contribution in [1.29, 1.82) is 0 Å². The first-order valence-electron chi connectivity index (χ1n) is 10.3. The average molecular weight is 373 g/mol. The van der Waals surface area contributed by atoms with Gasteiger partial charge in [0.15, 0.2) is 0 Å². The molecule has 1 N–H and O–H groups in total. The molecule has 1 atom stereocenters. The first-order valence-corrected chi connectivity index (χ1v) is 10.3. The summed E-state index contributed by atoms with van der Waals surface area (Å²) in [6.07, 6.45) is 4.82. The maximum Gasteiger partial charge on any atom is 0.321 e. The molecule has 3 aliphatic rings. The van der Waals surface area contributed by atoms with Crippen LogP contribution in [0.3, 0.4) is 0 Å². The van der Waals surface area contributed by atoms with E-state index in [-0.39, 0.29) is 6.03 Å². The van der Waals surface area contributed by atoms with Crippen LogP contribution >= 0.6 is 0 Å². The summed E-state index contributed by atoms with van der Waals surface area (Å²) in [4.78, 5) is 17.3. The Balaban J connectivity index is 1.33. The van der Waals surface area contributed by atoms with Gasteiger partial charge in [0.2, 0.25) is 0 Å². The third kappa shape index (κ3) is 3.78. The number of amides is 2. The third-order valence-electron chi connectivity index (χ3n) is 6.58. The van der Waals surface area contributed by atoms with E-state index < -0.39 is 0 Å². The number of rotatable bonds is 4. The number of anilines is 1. The summed E-state index contributed by atoms with van der Waals surface area (Å²) in [6.45, 7) is 8.05. The minimum atomic E-state index is -0.0146. The molecule has 0 bridgehead atoms. The highest BCUT2D eigenvalue weighted by Crippen LogP contribution is 2.51. The van der Waals surface area contributed by atoms with Gasteiger partial charge in [-0.2, -0.15) is 0 Å². The van der Waals surface area contributed by atoms with E-state index in [0.29, 0.717) is 18.1 Å². The number of nitrogens with zero attached hydrogens (tertiary/aromatic N) is 2. The number of nitrogens with one attached hydrogen (secondary N) is 1. The fraction of sp³-hybridized carbons (Fsp3) is 0.667. The van der Waals surface area contributed by atoms with Crippen molar-refractivity contribution in [3.63, 3.8) is 0 Å². The Morgan fingerprint density at radius 1 is 1.19 bits per heavy atom. The van der Waals surface area contributed by atoms with Crippen LogP contribution in [0.4, 0.5) is 10.5 Å². The number of carbonyl (C=O) groups is 1. The number of carbonyl (C=O) groups excluding carboxylic acids is 1. The van der Waals surface area contributed by atoms with E-state index in [1.54, 1.807) is 0 Å². The van der Waals surface area contributed by atoms with Crippen molar-refractivity contribution < 1.29 is 14.3 Å². The number of benzene rings is 1. The fourth-order valence-electron chi connectivity index (χ4n) is 4.92. The molecule has 148 valence electrons. The van der Waals surface area contributed by atoms with Crippen LogP contribution in [-0.2, 0) is 4.74 Å². The van der Waals surface area contributed by atoms with Crippen molar-refractivity contribution in [2.75, 3.05) is 51.3 Å². The smallest absolute Gasteiger partial charge is 0.321 e. The van der Waals surface area contributed by atoms with Gasteiger partial charge in [0.05, 0.1) is 25.5 Å². The summed E-state index contributed by atoms with van der Waals surface area (Å²) in [7, 11) is 0. The van der Waals surface area contributed by atoms with Gasteiger partial charge >= 0.3 is 6.03 Å². The highest BCUT2D eigenvalue weighted by molar-refractivity contribution is 5.91. The van der Waals surface area contributed by atoms with E-state index in [2.05, 4.69) is 10.2 Å². The Labute approximate surface area is 161 Å². The van der Waals surface area contributed by atoms with Gasteiger partial charge in [-0.1, -0.05) is 12.1 Å². The van der Waals surface area contributed by atoms with Crippen LogP contribution in [0.1, 0.15) is 32.6 Å². The molecule has 2 saturated heterocycles. The van der Waals surface area contributed by atoms with E-state index in [4.69, 9.17) is 9.47 Å². The number of hydrogen-bond donors (Lipinski definition) is 1. The Morgan fingerprint density at radius 3 is 2.59 bits per heavy atom. The lowest BCUT2D eigenvalue weighted by molar-refractivity contribution is -0.0927. The maximum atomic E-state index is 12.8. The van der Waals surface area contributed by atoms with Gasteiger partial charge in [0, 0.05) is 32.2 Å². The predicted octanol–water partition coefficient (Wildman–Crippen LogP) is 3.19. The van der Waals surface area contributed by atoms with Crippen molar-refractivity contribution in [2.24, 2.45) is 5.41 Å². The molecular formula is C21H31N3O3. The van der Waals surface area contributed by atoms with Gasteiger partial charge in [-0.3, -0.25) is 4.90 Å². The summed E-state index contributed by atoms with van der Waals surface area (Å²) >= 11 is 0. The van der Waals surface area contributed by atoms with Crippen LogP contribution in [0.25, 0.3) is 0 Å². The molecule has 1 unspecified atom stereocenters. The maximum absolute atomic E-state index is 12.8. The molecule has 2 aliphatic heterocycles. The molecule has 4 rings (SSSR count). The first-order chi connectivity index (χ1) is 13.2. The molecule has 3 fully saturated rings. The van der Waals surface area contributed by atoms with Crippen molar-refractivity contribution >= 4 is 11.7 Å². The summed E-state index contributed by atoms with van der Waals surface area (Å²) in [5.41, 5.74) is 1.16. The summed E-state index contributed by atoms with van der Waals surface area (Å²) < 4.78 is 11.1. The van der Waals surface area contributed by atoms with Gasteiger partial charge in [-0.25, -0.2) is 4.79 Å². The van der Waals surface area contributed by atoms with Crippen molar-refractivity contribution in [1.82, 2.24) is 9.80 Å². The van der Waals surface area contributed by atoms with Gasteiger partial charge in [-0.15, -0.1) is 0 Å². The number of hydrogen-bond acceptors (Lipinski definition) is 4. The molecule has 1 aromatic carbocycles. The van der Waals surface area contributed by atoms with Gasteiger partial charge in [0.1, 0.15) is 5.75 Å². The SMILES string of the molecule is CCOc1ccccc1NC(=O)N1CCC2(CCC2N2CCOCC2)CC1. The first kappa shape index (κ1) is 18.6. The Hall–Kier alpha value is -1.79. The van der Waals surface area contributed by atoms with E-state index in [0.717, 1.165) is 63.7 Å². The minimum Gasteiger partial charge on any atom is -0.492 e. The zero-order valence-electron chi connectivity index (χ0n) is 16.3. The Bertz CT molecular complexity index is 652. The molecule has 1 aliphatic carbocycles. The van der Waals surface area contributed by atoms with Gasteiger partial charge in [0.25, 0.3) is 0 Å². The van der Waals surface area contributed by atoms with Crippen LogP contribution in [-0.4, -0.2) is 67.9 Å². The average Bonchev–Trinajstić information content (AvgIpc) is 2.70. The second kappa shape index (κ2) is 8.07. The van der Waals surface area contributed by atoms with E-state index in [1.165, 1.54) is 12.8 Å². The standard InChI is InChI=1S/C21H31N3O3/c1-2-27-18-6-4-3-5-17(18)22-20(25)24-11-9-21(10-12-24)8-7-19(21)23-13-15-26-16-14-23/h3-6,19H,2,7-16H2,1H3,(H,22,25). The molecule has 2 amide bonds. The van der Waals surface area contributed by atoms with Crippen molar-refractivity contribution in [2.45, 2.75) is 38.6 Å². The lowest BCUT2D eigenvalue weighted by Gasteiger charge is -2.58. The largest absolute Gasteiger partial charge is 0.492 e. The molecule has 6 heteroatoms. The van der Waals surface area contributed by atoms with Crippen LogP contribution < -0.4 is 10.1 Å². The van der Waals surface area contributed by atoms with Crippen molar-refractivity contribution in [3.05, 3.63) is 24.3 Å². The van der Waals surface area contributed by atoms with Crippen LogP contribution in [0.5, 0.6) is 5.75 Å². The summed E-state index contributed by atoms with van der Waals surface area (Å²) in [6, 6.07) is 8.31. The van der Waals surface area contributed by atoms with Gasteiger partial charge < -0.3 is 19.7 Å². The molecule has 6 nitrogen and oxygen atoms in total. The molecular weight excluding hydrogens is 342 g/mol. The number of piperidine rings is 1. The Morgan fingerprint density at radius 2 is 1.93 bits per heavy atom. The van der Waals surface area contributed by atoms with Crippen LogP contribution in [0.15, 0.2) is 24.3 Å². The number of para-hydroxylation sites is 2. The second-order valence-corrected chi connectivity index (χ2v) is 7.91. The number of likely N-dealkylation sites (tertiary alicyclic amines) is 1. The monoisotopic (exact) mass is 373 g/mol. The lowest BCUT2D eigenvalue weighted by atomic mass is 9.58. The predicted molar refractivity (Wildman–Crippen MR) is 105 cm³/mol. The summed E-state index contributed by atoms with van der Waals surface area (Å²) in [5, 5.41) is 3.04. The van der Waals surface area contributed by atoms with E-state index in [9.17, 15) is 4.79 Å². The zero-order chi connectivity index (χ0) is 18.7. The topological polar surface area (TPSA) is 54.0 Å². The minimum absolute atomic E-state index is 0.0146. The normalized spacial score (nSPS) is 25.1. The number of ether oxygens (including phenoxy) is 2. The number of urea groups is 1. The lowest BCUT2D eigenvalue weighted by Crippen LogP contribution is -2.61. The fourth-order valence-corrected chi connectivity index (χ4v) is 4.92. The van der Waals surface area contributed by atoms with Crippen LogP contribution in [0, 0.1) is 5.41 Å². The van der Waals surface area contributed by atoms with Gasteiger partial charge in [-0.05, 0) is 50.2 Å². The second-order valence-electron chi connectivity index (χ2n) is 7.91. The van der Waals surface area contributed by atoms with Crippen molar-refractivity contribution in [3.8, 4) is 5.75 Å². The molecule has 1 spiro atoms. The zero-order valence-corrected chi connectivity index (χ0v) is 16.3. The molecule has 1 saturated carbocycles. The quantitative estimate of drug-likeness (QED) is 0.881. The molecule has 0 radical (unpaired) electrons. The van der Waals surface area contributed by atoms with Crippen LogP contribution in [0.2, 0.25) is 0 Å². The molecule has 2 heterocycles. The van der Waals surface area contributed by atoms with E-state index in [1.807, 2.05) is 36.1 Å². The number of morpholine rings is 1. The molecule has 27 heavy (non-hydrogen) atoms. The Kier molecular flexibility index (Phi) is 5.55. The summed E-state index contributed by atoms with van der Waals surface area (Å²) in [5.74, 6) is 0.730. The highest BCUT2D eigenvalue weighted by atomic mass is 16.5. The molecule has 1 aromatic rings. The highest BCUT2D eigenvalue weighted by Gasteiger charge is 2.51. The molecule has 0 aromatic heterocycles. The third-order valence-corrected chi connectivity index (χ3v) is 6.58. The van der Waals surface area contributed by atoms with E-state index >= 15 is 0 Å².